The SMILES string of the molecule is CC#N.CC(C)n1cc[n+](C[n+]2ccn(C(C)C)c2[Se-])c1[Se-].[Bi+3].[Bi+3].[Br-].[Br-].[Br-].[Br-].[Br-].[Br-]. The molecule has 2 rings (SSSR count). The fourth-order valence-electron chi connectivity index (χ4n) is 2.02. The molecule has 0 aliphatic carbocycles. The molecule has 0 spiro atoms. The van der Waals surface area contributed by atoms with Crippen molar-refractivity contribution < 1.29 is 111 Å². The van der Waals surface area contributed by atoms with E-state index in [2.05, 4.69) is 103 Å². The van der Waals surface area contributed by atoms with Gasteiger partial charge >= 0.3 is 183 Å². The Morgan fingerprint density at radius 1 is 0.800 bits per heavy atom. The fourth-order valence-corrected chi connectivity index (χ4v) is 3.66. The maximum atomic E-state index is 7.32. The predicted octanol–water partition coefficient (Wildman–Crippen LogP) is -19.1. The van der Waals surface area contributed by atoms with E-state index in [1.165, 1.54) is 6.92 Å². The van der Waals surface area contributed by atoms with Gasteiger partial charge in [0.15, 0.2) is 0 Å². The summed E-state index contributed by atoms with van der Waals surface area (Å²) >= 11 is 6.33. The molecule has 2 aromatic rings. The molecule has 0 N–H and O–H groups in total. The minimum Gasteiger partial charge on any atom is -1.00 e. The van der Waals surface area contributed by atoms with Gasteiger partial charge in [-0.05, 0) is 0 Å². The van der Waals surface area contributed by atoms with Crippen LogP contribution in [0.2, 0.25) is 0 Å². The van der Waals surface area contributed by atoms with Gasteiger partial charge in [0.1, 0.15) is 0 Å². The van der Waals surface area contributed by atoms with Gasteiger partial charge in [0.05, 0.1) is 6.07 Å². The first-order chi connectivity index (χ1) is 10.3. The molecular weight excluding hydrogens is 1310 g/mol. The summed E-state index contributed by atoms with van der Waals surface area (Å²) in [6.45, 7) is 11.0. The van der Waals surface area contributed by atoms with E-state index in [4.69, 9.17) is 5.26 Å². The normalized spacial score (nSPS) is 7.67. The summed E-state index contributed by atoms with van der Waals surface area (Å²) in [6.07, 6.45) is 8.47. The van der Waals surface area contributed by atoms with Crippen LogP contribution in [0.1, 0.15) is 46.7 Å². The minimum absolute atomic E-state index is 0. The third-order valence-electron chi connectivity index (χ3n) is 3.16. The molecule has 0 amide bonds. The summed E-state index contributed by atoms with van der Waals surface area (Å²) in [6, 6.07) is 2.69. The maximum Gasteiger partial charge on any atom is 3.00 e. The summed E-state index contributed by atoms with van der Waals surface area (Å²) in [4.78, 5) is 0. The van der Waals surface area contributed by atoms with E-state index in [-0.39, 0.29) is 154 Å². The van der Waals surface area contributed by atoms with Gasteiger partial charge in [-0.25, -0.2) is 0 Å². The van der Waals surface area contributed by atoms with Crippen LogP contribution in [0.3, 0.4) is 0 Å². The molecule has 0 unspecified atom stereocenters. The summed E-state index contributed by atoms with van der Waals surface area (Å²) < 4.78 is 11.2. The van der Waals surface area contributed by atoms with Crippen LogP contribution in [0.15, 0.2) is 24.8 Å². The van der Waals surface area contributed by atoms with E-state index < -0.39 is 0 Å². The van der Waals surface area contributed by atoms with Gasteiger partial charge in [0.25, 0.3) is 0 Å². The molecule has 172 valence electrons. The molecule has 0 aliphatic rings. The van der Waals surface area contributed by atoms with Gasteiger partial charge in [-0.1, -0.05) is 0 Å². The van der Waals surface area contributed by atoms with Crippen LogP contribution in [0, 0.1) is 11.3 Å². The largest absolute Gasteiger partial charge is 3.00 e. The Balaban J connectivity index is -0.0000000694. The fraction of sp³-hybridized carbons (Fsp3) is 0.533. The van der Waals surface area contributed by atoms with Crippen molar-refractivity contribution in [3.63, 3.8) is 0 Å². The van der Waals surface area contributed by atoms with Crippen LogP contribution in [0.4, 0.5) is 0 Å². The van der Waals surface area contributed by atoms with Gasteiger partial charge < -0.3 is 102 Å². The van der Waals surface area contributed by atoms with Gasteiger partial charge in [-0.15, -0.1) is 0 Å². The van der Waals surface area contributed by atoms with Crippen LogP contribution in [-0.4, -0.2) is 93.6 Å². The molecule has 2 heterocycles. The summed E-state index contributed by atoms with van der Waals surface area (Å²) in [5, 5.41) is 7.32. The molecule has 0 aromatic carbocycles. The Labute approximate surface area is 298 Å². The number of aromatic nitrogens is 4. The molecule has 0 saturated carbocycles. The van der Waals surface area contributed by atoms with Crippen molar-refractivity contribution in [2.24, 2.45) is 0 Å². The molecule has 4 radical (unpaired) electrons. The zero-order chi connectivity index (χ0) is 16.9. The number of imidazole rings is 2. The van der Waals surface area contributed by atoms with Crippen molar-refractivity contribution in [3.05, 3.63) is 24.8 Å². The van der Waals surface area contributed by atoms with E-state index in [1.54, 1.807) is 6.07 Å². The van der Waals surface area contributed by atoms with Crippen molar-refractivity contribution in [1.29, 1.82) is 5.26 Å². The van der Waals surface area contributed by atoms with Crippen LogP contribution in [0.5, 0.6) is 0 Å². The number of nitrogens with zero attached hydrogens (tertiary/aromatic N) is 5. The average Bonchev–Trinajstić information content (AvgIpc) is 2.96. The van der Waals surface area contributed by atoms with Gasteiger partial charge in [0, 0.05) is 6.92 Å². The molecule has 0 bridgehead atoms. The third kappa shape index (κ3) is 17.1. The van der Waals surface area contributed by atoms with Crippen LogP contribution in [-0.2, 0) is 6.67 Å². The van der Waals surface area contributed by atoms with Gasteiger partial charge in [-0.2, -0.15) is 5.26 Å². The first-order valence-corrected chi connectivity index (χ1v) is 8.90. The standard InChI is InChI=1S/C13H20N4Se2.C2H3N.2Bi.6BrH/c1-10(2)16-7-5-14(12(16)18)9-15-6-8-17(11(3)4)13(15)19;1-2-3;;;;;;;;/h5-8,10-11H,9H2,1-4H3;1H3;;;6*1H/q;;2*+3;;;;;;/p-6. The van der Waals surface area contributed by atoms with E-state index in [1.807, 2.05) is 0 Å². The monoisotopic (exact) mass is 1320 g/mol. The van der Waals surface area contributed by atoms with E-state index in [0.717, 1.165) is 16.1 Å². The molecule has 5 nitrogen and oxygen atoms in total. The van der Waals surface area contributed by atoms with Crippen molar-refractivity contribution >= 4 is 93.9 Å². The average molecular weight is 1330 g/mol. The molecule has 0 saturated heterocycles. The molecule has 0 atom stereocenters. The molecular formula is C15H23Bi2Br6N5Se2. The molecule has 0 fully saturated rings. The van der Waals surface area contributed by atoms with Crippen LogP contribution in [0.25, 0.3) is 0 Å². The quantitative estimate of drug-likeness (QED) is 0.222. The Kier molecular flexibility index (Phi) is 52.4. The summed E-state index contributed by atoms with van der Waals surface area (Å²) in [5.41, 5.74) is 0. The van der Waals surface area contributed by atoms with Gasteiger partial charge in [0.2, 0.25) is 0 Å². The van der Waals surface area contributed by atoms with E-state index in [0.29, 0.717) is 12.1 Å². The first-order valence-electron chi connectivity index (χ1n) is 7.18. The number of nitriles is 1. The topological polar surface area (TPSA) is 41.4 Å². The second-order valence-corrected chi connectivity index (χ2v) is 7.00. The van der Waals surface area contributed by atoms with Crippen molar-refractivity contribution in [1.82, 2.24) is 9.13 Å². The third-order valence-corrected chi connectivity index (χ3v) is 5.03. The number of hydrogen-bond acceptors (Lipinski definition) is 1. The molecule has 2 aromatic heterocycles. The van der Waals surface area contributed by atoms with Crippen molar-refractivity contribution in [3.8, 4) is 6.07 Å². The van der Waals surface area contributed by atoms with E-state index >= 15 is 0 Å². The number of hydrogen-bond donors (Lipinski definition) is 0. The minimum atomic E-state index is 0. The Morgan fingerprint density at radius 3 is 1.20 bits per heavy atom. The summed E-state index contributed by atoms with van der Waals surface area (Å²) in [7, 11) is 0. The van der Waals surface area contributed by atoms with Crippen LogP contribution < -0.4 is 120 Å². The second kappa shape index (κ2) is 28.8. The summed E-state index contributed by atoms with van der Waals surface area (Å²) in [5.74, 6) is 0. The molecule has 15 heteroatoms. The number of rotatable bonds is 4. The van der Waals surface area contributed by atoms with Crippen LogP contribution >= 0.6 is 0 Å². The molecule has 0 aliphatic heterocycles. The molecule has 30 heavy (non-hydrogen) atoms. The zero-order valence-corrected chi connectivity index (χ0v) is 36.8. The van der Waals surface area contributed by atoms with E-state index in [9.17, 15) is 0 Å². The van der Waals surface area contributed by atoms with Crippen molar-refractivity contribution in [2.45, 2.75) is 53.4 Å². The Morgan fingerprint density at radius 2 is 1.03 bits per heavy atom. The second-order valence-electron chi connectivity index (χ2n) is 5.47. The smallest absolute Gasteiger partial charge is 1.00 e. The Hall–Kier alpha value is 3.60. The predicted molar refractivity (Wildman–Crippen MR) is 99.0 cm³/mol. The number of halogens is 6. The first kappa shape index (κ1) is 54.5. The Bertz CT molecular complexity index is 631. The maximum absolute atomic E-state index is 7.32. The van der Waals surface area contributed by atoms with Gasteiger partial charge in [-0.3, -0.25) is 0 Å². The zero-order valence-electron chi connectivity index (χ0n) is 16.9. The van der Waals surface area contributed by atoms with Crippen molar-refractivity contribution in [2.75, 3.05) is 0 Å².